The normalized spacial score (nSPS) is 16.3. The van der Waals surface area contributed by atoms with Gasteiger partial charge in [0, 0.05) is 18.0 Å². The van der Waals surface area contributed by atoms with Gasteiger partial charge in [0.1, 0.15) is 18.2 Å². The van der Waals surface area contributed by atoms with Crippen LogP contribution in [0.3, 0.4) is 0 Å². The SMILES string of the molecule is N#Cc1ccc(Cn2c(C=C3CCCCC3C(=O)O)nc3cc(OCc4ccc5ccccc5n4)ccc32)cc1. The molecule has 2 heterocycles. The molecule has 1 N–H and O–H groups in total. The molecule has 1 unspecified atom stereocenters. The topological polar surface area (TPSA) is 101 Å². The number of rotatable bonds is 7. The number of fused-ring (bicyclic) bond motifs is 2. The minimum absolute atomic E-state index is 0.333. The van der Waals surface area contributed by atoms with Gasteiger partial charge < -0.3 is 14.4 Å². The summed E-state index contributed by atoms with van der Waals surface area (Å²) in [6.45, 7) is 0.875. The number of carbonyl (C=O) groups is 1. The molecule has 5 aromatic rings. The lowest BCUT2D eigenvalue weighted by molar-refractivity contribution is -0.140. The zero-order valence-corrected chi connectivity index (χ0v) is 22.0. The summed E-state index contributed by atoms with van der Waals surface area (Å²) in [5.41, 5.74) is 6.01. The second-order valence-electron chi connectivity index (χ2n) is 10.2. The van der Waals surface area contributed by atoms with Crippen LogP contribution in [0, 0.1) is 17.2 Å². The van der Waals surface area contributed by atoms with E-state index in [0.29, 0.717) is 30.9 Å². The van der Waals surface area contributed by atoms with Crippen LogP contribution in [0.25, 0.3) is 28.0 Å². The van der Waals surface area contributed by atoms with Crippen molar-refractivity contribution in [3.8, 4) is 11.8 Å². The first-order valence-corrected chi connectivity index (χ1v) is 13.5. The van der Waals surface area contributed by atoms with Crippen molar-refractivity contribution in [3.63, 3.8) is 0 Å². The number of aliphatic carboxylic acids is 1. The van der Waals surface area contributed by atoms with Gasteiger partial charge in [-0.05, 0) is 67.3 Å². The molecule has 1 atom stereocenters. The Morgan fingerprint density at radius 1 is 1.02 bits per heavy atom. The third-order valence-corrected chi connectivity index (χ3v) is 7.48. The van der Waals surface area contributed by atoms with Crippen molar-refractivity contribution >= 4 is 34.0 Å². The summed E-state index contributed by atoms with van der Waals surface area (Å²) in [6, 6.07) is 27.5. The Morgan fingerprint density at radius 3 is 2.70 bits per heavy atom. The summed E-state index contributed by atoms with van der Waals surface area (Å²) >= 11 is 0. The average molecular weight is 529 g/mol. The molecule has 0 saturated heterocycles. The van der Waals surface area contributed by atoms with Crippen LogP contribution in [0.15, 0.2) is 84.4 Å². The number of ether oxygens (including phenoxy) is 1. The van der Waals surface area contributed by atoms with E-state index in [-0.39, 0.29) is 0 Å². The number of nitrogens with zero attached hydrogens (tertiary/aromatic N) is 4. The van der Waals surface area contributed by atoms with Gasteiger partial charge in [-0.3, -0.25) is 4.79 Å². The van der Waals surface area contributed by atoms with E-state index in [4.69, 9.17) is 14.7 Å². The Morgan fingerprint density at radius 2 is 1.88 bits per heavy atom. The maximum Gasteiger partial charge on any atom is 0.310 e. The molecule has 7 nitrogen and oxygen atoms in total. The van der Waals surface area contributed by atoms with Crippen molar-refractivity contribution in [2.24, 2.45) is 5.92 Å². The first-order valence-electron chi connectivity index (χ1n) is 13.5. The van der Waals surface area contributed by atoms with Crippen molar-refractivity contribution in [1.82, 2.24) is 14.5 Å². The van der Waals surface area contributed by atoms with Crippen LogP contribution in [0.1, 0.15) is 48.3 Å². The highest BCUT2D eigenvalue weighted by atomic mass is 16.5. The molecule has 0 aliphatic heterocycles. The van der Waals surface area contributed by atoms with E-state index < -0.39 is 11.9 Å². The maximum atomic E-state index is 12.0. The van der Waals surface area contributed by atoms with Crippen molar-refractivity contribution in [2.75, 3.05) is 0 Å². The molecule has 6 rings (SSSR count). The number of carboxylic acids is 1. The summed E-state index contributed by atoms with van der Waals surface area (Å²) in [7, 11) is 0. The summed E-state index contributed by atoms with van der Waals surface area (Å²) in [4.78, 5) is 21.6. The van der Waals surface area contributed by atoms with Gasteiger partial charge in [0.25, 0.3) is 0 Å². The van der Waals surface area contributed by atoms with Gasteiger partial charge in [0.2, 0.25) is 0 Å². The van der Waals surface area contributed by atoms with Crippen molar-refractivity contribution < 1.29 is 14.6 Å². The van der Waals surface area contributed by atoms with Crippen LogP contribution in [-0.4, -0.2) is 25.6 Å². The zero-order chi connectivity index (χ0) is 27.5. The molecule has 0 spiro atoms. The zero-order valence-electron chi connectivity index (χ0n) is 22.0. The largest absolute Gasteiger partial charge is 0.487 e. The quantitative estimate of drug-likeness (QED) is 0.251. The van der Waals surface area contributed by atoms with Gasteiger partial charge >= 0.3 is 5.97 Å². The Hall–Kier alpha value is -4.96. The van der Waals surface area contributed by atoms with E-state index in [1.54, 1.807) is 12.1 Å². The molecule has 1 aliphatic carbocycles. The number of hydrogen-bond donors (Lipinski definition) is 1. The first kappa shape index (κ1) is 25.3. The van der Waals surface area contributed by atoms with E-state index in [1.165, 1.54) is 0 Å². The molecule has 0 bridgehead atoms. The predicted octanol–water partition coefficient (Wildman–Crippen LogP) is 6.74. The minimum Gasteiger partial charge on any atom is -0.487 e. The van der Waals surface area contributed by atoms with Gasteiger partial charge in [-0.1, -0.05) is 48.4 Å². The van der Waals surface area contributed by atoms with Crippen LogP contribution in [0.2, 0.25) is 0 Å². The predicted molar refractivity (Wildman–Crippen MR) is 154 cm³/mol. The Labute approximate surface area is 232 Å². The molecular formula is C33H28N4O3. The van der Waals surface area contributed by atoms with Gasteiger partial charge in [-0.25, -0.2) is 9.97 Å². The molecule has 0 radical (unpaired) electrons. The van der Waals surface area contributed by atoms with E-state index in [2.05, 4.69) is 10.6 Å². The summed E-state index contributed by atoms with van der Waals surface area (Å²) < 4.78 is 8.21. The molecule has 40 heavy (non-hydrogen) atoms. The summed E-state index contributed by atoms with van der Waals surface area (Å²) in [6.07, 6.45) is 5.26. The van der Waals surface area contributed by atoms with Crippen molar-refractivity contribution in [3.05, 3.63) is 107 Å². The molecule has 1 aliphatic rings. The lowest BCUT2D eigenvalue weighted by atomic mass is 9.84. The highest BCUT2D eigenvalue weighted by Gasteiger charge is 2.26. The highest BCUT2D eigenvalue weighted by molar-refractivity contribution is 5.81. The van der Waals surface area contributed by atoms with E-state index in [0.717, 1.165) is 63.9 Å². The Kier molecular flexibility index (Phi) is 6.98. The lowest BCUT2D eigenvalue weighted by Gasteiger charge is -2.21. The van der Waals surface area contributed by atoms with Crippen LogP contribution < -0.4 is 4.74 Å². The fourth-order valence-corrected chi connectivity index (χ4v) is 5.37. The number of imidazole rings is 1. The first-order chi connectivity index (χ1) is 19.6. The standard InChI is InChI=1S/C33H28N4O3/c34-19-22-9-11-23(12-10-22)20-37-31-16-15-27(40-21-26-14-13-24-5-2-4-8-29(24)35-26)18-30(31)36-32(37)17-25-6-1-3-7-28(25)33(38)39/h2,4-5,8-18,28H,1,3,6-7,20-21H2,(H,38,39). The number of hydrogen-bond acceptors (Lipinski definition) is 5. The average Bonchev–Trinajstić information content (AvgIpc) is 3.32. The molecular weight excluding hydrogens is 500 g/mol. The number of carboxylic acid groups (broad SMARTS) is 1. The third-order valence-electron chi connectivity index (χ3n) is 7.48. The van der Waals surface area contributed by atoms with Crippen LogP contribution in [0.4, 0.5) is 0 Å². The van der Waals surface area contributed by atoms with Gasteiger partial charge in [-0.2, -0.15) is 5.26 Å². The fourth-order valence-electron chi connectivity index (χ4n) is 5.37. The lowest BCUT2D eigenvalue weighted by Crippen LogP contribution is -2.19. The third kappa shape index (κ3) is 5.29. The second kappa shape index (κ2) is 11.0. The molecule has 1 saturated carbocycles. The molecule has 7 heteroatoms. The fraction of sp³-hybridized carbons (Fsp3) is 0.212. The molecule has 0 amide bonds. The monoisotopic (exact) mass is 528 g/mol. The number of aromatic nitrogens is 3. The van der Waals surface area contributed by atoms with Gasteiger partial charge in [-0.15, -0.1) is 0 Å². The van der Waals surface area contributed by atoms with Crippen molar-refractivity contribution in [2.45, 2.75) is 38.8 Å². The summed E-state index contributed by atoms with van der Waals surface area (Å²) in [5.74, 6) is 0.144. The maximum absolute atomic E-state index is 12.0. The van der Waals surface area contributed by atoms with E-state index in [1.807, 2.05) is 72.8 Å². The molecule has 1 fully saturated rings. The molecule has 2 aromatic heterocycles. The summed E-state index contributed by atoms with van der Waals surface area (Å²) in [5, 5.41) is 20.1. The van der Waals surface area contributed by atoms with Crippen LogP contribution in [0.5, 0.6) is 5.75 Å². The Balaban J connectivity index is 1.33. The number of para-hydroxylation sites is 1. The number of pyridine rings is 1. The number of nitriles is 1. The Bertz CT molecular complexity index is 1780. The van der Waals surface area contributed by atoms with E-state index >= 15 is 0 Å². The smallest absolute Gasteiger partial charge is 0.310 e. The molecule has 198 valence electrons. The number of benzene rings is 3. The van der Waals surface area contributed by atoms with Crippen molar-refractivity contribution in [1.29, 1.82) is 5.26 Å². The highest BCUT2D eigenvalue weighted by Crippen LogP contribution is 2.32. The minimum atomic E-state index is -0.779. The van der Waals surface area contributed by atoms with Crippen LogP contribution in [-0.2, 0) is 17.9 Å². The van der Waals surface area contributed by atoms with Crippen LogP contribution >= 0.6 is 0 Å². The van der Waals surface area contributed by atoms with E-state index in [9.17, 15) is 15.2 Å². The van der Waals surface area contributed by atoms with Gasteiger partial charge in [0.15, 0.2) is 0 Å². The van der Waals surface area contributed by atoms with Gasteiger partial charge in [0.05, 0.1) is 39.8 Å². The second-order valence-corrected chi connectivity index (χ2v) is 10.2. The molecule has 3 aromatic carbocycles.